The fraction of sp³-hybridized carbons (Fsp3) is 0.429. The number of hydrogen-bond acceptors (Lipinski definition) is 3. The van der Waals surface area contributed by atoms with Crippen LogP contribution in [0.15, 0.2) is 60.7 Å². The van der Waals surface area contributed by atoms with Gasteiger partial charge in [0.15, 0.2) is 0 Å². The van der Waals surface area contributed by atoms with Crippen molar-refractivity contribution in [2.24, 2.45) is 0 Å². The van der Waals surface area contributed by atoms with Crippen molar-refractivity contribution in [3.63, 3.8) is 0 Å². The van der Waals surface area contributed by atoms with Gasteiger partial charge in [0.05, 0.1) is 5.30 Å². The lowest BCUT2D eigenvalue weighted by Gasteiger charge is -2.39. The number of halogens is 9. The molecule has 0 heterocycles. The molecule has 2 aromatic rings. The van der Waals surface area contributed by atoms with Gasteiger partial charge in [0.1, 0.15) is 11.9 Å². The maximum atomic E-state index is 15.0. The summed E-state index contributed by atoms with van der Waals surface area (Å²) < 4.78 is 148. The molecule has 2 aromatic carbocycles. The lowest BCUT2D eigenvalue weighted by atomic mass is 10.00. The highest BCUT2D eigenvalue weighted by Crippen LogP contribution is 2.58. The Morgan fingerprint density at radius 3 is 1.66 bits per heavy atom. The van der Waals surface area contributed by atoms with Gasteiger partial charge in [-0.15, -0.1) is 0 Å². The molecule has 0 aliphatic rings. The van der Waals surface area contributed by atoms with E-state index < -0.39 is 57.1 Å². The van der Waals surface area contributed by atoms with E-state index >= 15 is 0 Å². The first-order valence-electron chi connectivity index (χ1n) is 10.0. The van der Waals surface area contributed by atoms with E-state index in [1.807, 2.05) is 0 Å². The third-order valence-corrected chi connectivity index (χ3v) is 8.19. The summed E-state index contributed by atoms with van der Waals surface area (Å²) in [5.74, 6) is -20.4. The first kappa shape index (κ1) is 29.2. The predicted octanol–water partition coefficient (Wildman–Crippen LogP) is 7.78. The zero-order valence-corrected chi connectivity index (χ0v) is 20.5. The second-order valence-electron chi connectivity index (χ2n) is 8.87. The van der Waals surface area contributed by atoms with Crippen LogP contribution in [-0.4, -0.2) is 38.1 Å². The van der Waals surface area contributed by atoms with Gasteiger partial charge in [-0.25, -0.2) is 4.57 Å². The molecular weight excluding hydrogens is 530 g/mol. The summed E-state index contributed by atoms with van der Waals surface area (Å²) >= 11 is 0. The molecule has 0 aliphatic carbocycles. The molecule has 0 fully saturated rings. The second-order valence-corrected chi connectivity index (χ2v) is 16.3. The van der Waals surface area contributed by atoms with Gasteiger partial charge in [0, 0.05) is 8.07 Å². The van der Waals surface area contributed by atoms with Crippen LogP contribution in [0, 0.1) is 0 Å². The van der Waals surface area contributed by atoms with Gasteiger partial charge in [-0.2, -0.15) is 39.5 Å². The van der Waals surface area contributed by atoms with Crippen LogP contribution < -0.4 is 9.83 Å². The molecule has 0 amide bonds. The van der Waals surface area contributed by atoms with Crippen molar-refractivity contribution in [1.82, 2.24) is 0 Å². The SMILES string of the molecule is C[Si](C)(C)CC(OP(=O)(Oc1ccccc1)c1ccccc1)C(F)(F)C(F)(F)C(F)(F)C(F)(F)F. The fourth-order valence-electron chi connectivity index (χ4n) is 2.91. The van der Waals surface area contributed by atoms with Crippen molar-refractivity contribution in [1.29, 1.82) is 0 Å². The molecule has 196 valence electrons. The maximum absolute atomic E-state index is 15.0. The summed E-state index contributed by atoms with van der Waals surface area (Å²) in [5, 5.41) is -0.397. The summed E-state index contributed by atoms with van der Waals surface area (Å²) in [6.45, 7) is 4.10. The fourth-order valence-corrected chi connectivity index (χ4v) is 6.25. The Balaban J connectivity index is 2.65. The molecule has 35 heavy (non-hydrogen) atoms. The largest absolute Gasteiger partial charge is 0.460 e. The summed E-state index contributed by atoms with van der Waals surface area (Å²) in [6.07, 6.45) is -10.3. The van der Waals surface area contributed by atoms with Crippen molar-refractivity contribution in [2.45, 2.75) is 55.7 Å². The van der Waals surface area contributed by atoms with Crippen LogP contribution in [0.3, 0.4) is 0 Å². The molecule has 3 nitrogen and oxygen atoms in total. The highest BCUT2D eigenvalue weighted by molar-refractivity contribution is 7.62. The van der Waals surface area contributed by atoms with Gasteiger partial charge in [-0.05, 0) is 30.3 Å². The number of para-hydroxylation sites is 1. The van der Waals surface area contributed by atoms with Crippen molar-refractivity contribution < 1.29 is 53.1 Å². The smallest absolute Gasteiger partial charge is 0.421 e. The molecule has 0 radical (unpaired) electrons. The third kappa shape index (κ3) is 6.24. The quantitative estimate of drug-likeness (QED) is 0.172. The van der Waals surface area contributed by atoms with Crippen LogP contribution in [0.2, 0.25) is 25.7 Å². The number of rotatable bonds is 10. The summed E-state index contributed by atoms with van der Waals surface area (Å²) in [5.41, 5.74) is 0. The van der Waals surface area contributed by atoms with Crippen LogP contribution >= 0.6 is 7.60 Å². The minimum atomic E-state index is -7.11. The van der Waals surface area contributed by atoms with Gasteiger partial charge in [0.25, 0.3) is 0 Å². The first-order valence-corrected chi connectivity index (χ1v) is 15.3. The van der Waals surface area contributed by atoms with Crippen molar-refractivity contribution in [3.8, 4) is 5.75 Å². The highest BCUT2D eigenvalue weighted by atomic mass is 31.2. The summed E-state index contributed by atoms with van der Waals surface area (Å²) in [7, 11) is -7.96. The summed E-state index contributed by atoms with van der Waals surface area (Å²) in [4.78, 5) is 0. The molecule has 2 unspecified atom stereocenters. The average Bonchev–Trinajstić information content (AvgIpc) is 2.72. The van der Waals surface area contributed by atoms with Crippen LogP contribution in [0.4, 0.5) is 39.5 Å². The Morgan fingerprint density at radius 2 is 1.23 bits per heavy atom. The second kappa shape index (κ2) is 9.82. The molecule has 0 bridgehead atoms. The van der Waals surface area contributed by atoms with E-state index in [0.717, 1.165) is 12.1 Å². The average molecular weight is 552 g/mol. The van der Waals surface area contributed by atoms with E-state index in [4.69, 9.17) is 9.05 Å². The predicted molar refractivity (Wildman–Crippen MR) is 115 cm³/mol. The molecule has 0 N–H and O–H groups in total. The molecule has 0 saturated carbocycles. The van der Waals surface area contributed by atoms with Gasteiger partial charge in [0.2, 0.25) is 0 Å². The summed E-state index contributed by atoms with van der Waals surface area (Å²) in [6, 6.07) is 11.9. The molecule has 0 aliphatic heterocycles. The van der Waals surface area contributed by atoms with Gasteiger partial charge >= 0.3 is 31.5 Å². The Kier molecular flexibility index (Phi) is 8.20. The lowest BCUT2D eigenvalue weighted by Crippen LogP contribution is -2.65. The van der Waals surface area contributed by atoms with E-state index in [1.165, 1.54) is 68.2 Å². The zero-order chi connectivity index (χ0) is 26.9. The van der Waals surface area contributed by atoms with E-state index in [2.05, 4.69) is 0 Å². The van der Waals surface area contributed by atoms with Crippen molar-refractivity contribution in [2.75, 3.05) is 0 Å². The normalized spacial score (nSPS) is 16.5. The number of alkyl halides is 9. The van der Waals surface area contributed by atoms with E-state index in [0.29, 0.717) is 0 Å². The monoisotopic (exact) mass is 552 g/mol. The van der Waals surface area contributed by atoms with Crippen LogP contribution in [0.1, 0.15) is 0 Å². The highest BCUT2D eigenvalue weighted by Gasteiger charge is 2.83. The van der Waals surface area contributed by atoms with Gasteiger partial charge in [-0.3, -0.25) is 4.52 Å². The molecule has 0 saturated heterocycles. The van der Waals surface area contributed by atoms with Crippen LogP contribution in [0.5, 0.6) is 5.75 Å². The lowest BCUT2D eigenvalue weighted by molar-refractivity contribution is -0.403. The van der Waals surface area contributed by atoms with E-state index in [9.17, 15) is 44.1 Å². The number of benzene rings is 2. The first-order chi connectivity index (χ1) is 15.7. The van der Waals surface area contributed by atoms with Crippen LogP contribution in [0.25, 0.3) is 0 Å². The molecule has 2 rings (SSSR count). The van der Waals surface area contributed by atoms with Crippen LogP contribution in [-0.2, 0) is 9.09 Å². The molecule has 0 spiro atoms. The Bertz CT molecular complexity index is 1030. The minimum absolute atomic E-state index is 0.206. The third-order valence-electron chi connectivity index (χ3n) is 4.68. The standard InChI is InChI=1S/C21H22F9O3PSi/c1-35(2,3)14-17(18(22,23)19(24,25)20(26,27)21(28,29)30)33-34(31,16-12-8-5-9-13-16)32-15-10-6-4-7-11-15/h4-13,17H,14H2,1-3H3. The van der Waals surface area contributed by atoms with Crippen molar-refractivity contribution in [3.05, 3.63) is 60.7 Å². The van der Waals surface area contributed by atoms with E-state index in [-0.39, 0.29) is 5.75 Å². The van der Waals surface area contributed by atoms with Gasteiger partial charge in [-0.1, -0.05) is 56.0 Å². The number of hydrogen-bond donors (Lipinski definition) is 0. The molecule has 14 heteroatoms. The maximum Gasteiger partial charge on any atom is 0.460 e. The van der Waals surface area contributed by atoms with Crippen molar-refractivity contribution >= 4 is 21.0 Å². The zero-order valence-electron chi connectivity index (χ0n) is 18.6. The minimum Gasteiger partial charge on any atom is -0.421 e. The topological polar surface area (TPSA) is 35.5 Å². The Morgan fingerprint density at radius 1 is 0.771 bits per heavy atom. The molecule has 2 atom stereocenters. The Labute approximate surface area is 196 Å². The Hall–Kier alpha value is -1.98. The van der Waals surface area contributed by atoms with E-state index in [1.54, 1.807) is 0 Å². The van der Waals surface area contributed by atoms with Gasteiger partial charge < -0.3 is 4.52 Å². The molecular formula is C21H22F9O3PSi. The molecule has 0 aromatic heterocycles.